The van der Waals surface area contributed by atoms with Gasteiger partial charge in [0.15, 0.2) is 0 Å². The van der Waals surface area contributed by atoms with Crippen molar-refractivity contribution in [2.24, 2.45) is 7.05 Å². The minimum absolute atomic E-state index is 0.222. The Labute approximate surface area is 134 Å². The second kappa shape index (κ2) is 7.23. The number of carbonyl (C=O) groups is 2. The third-order valence-corrected chi connectivity index (χ3v) is 3.71. The lowest BCUT2D eigenvalue weighted by molar-refractivity contribution is -0.127. The maximum Gasteiger partial charge on any atom is 0.295 e. The van der Waals surface area contributed by atoms with Crippen molar-refractivity contribution < 1.29 is 18.7 Å². The van der Waals surface area contributed by atoms with Crippen LogP contribution in [0.1, 0.15) is 27.5 Å². The van der Waals surface area contributed by atoms with Crippen LogP contribution in [0.2, 0.25) is 0 Å². The van der Waals surface area contributed by atoms with Crippen LogP contribution in [0.15, 0.2) is 22.8 Å². The number of aromatic nitrogens is 2. The van der Waals surface area contributed by atoms with E-state index in [4.69, 9.17) is 9.15 Å². The molecule has 2 rings (SSSR count). The Morgan fingerprint density at radius 1 is 1.39 bits per heavy atom. The molecule has 0 atom stereocenters. The monoisotopic (exact) mass is 319 g/mol. The Morgan fingerprint density at radius 2 is 2.13 bits per heavy atom. The molecule has 0 spiro atoms. The van der Waals surface area contributed by atoms with Crippen molar-refractivity contribution in [3.8, 4) is 0 Å². The lowest BCUT2D eigenvalue weighted by atomic mass is 10.1. The van der Waals surface area contributed by atoms with Crippen molar-refractivity contribution in [2.75, 3.05) is 20.3 Å². The van der Waals surface area contributed by atoms with Gasteiger partial charge in [0.1, 0.15) is 5.76 Å². The van der Waals surface area contributed by atoms with Crippen molar-refractivity contribution >= 4 is 11.7 Å². The summed E-state index contributed by atoms with van der Waals surface area (Å²) < 4.78 is 11.9. The van der Waals surface area contributed by atoms with Crippen molar-refractivity contribution in [1.82, 2.24) is 14.7 Å². The lowest BCUT2D eigenvalue weighted by Gasteiger charge is -2.20. The van der Waals surface area contributed by atoms with E-state index in [2.05, 4.69) is 5.10 Å². The number of methoxy groups -OCH3 is 1. The van der Waals surface area contributed by atoms with Crippen molar-refractivity contribution in [2.45, 2.75) is 20.4 Å². The molecule has 0 aliphatic rings. The van der Waals surface area contributed by atoms with Gasteiger partial charge in [-0.1, -0.05) is 0 Å². The quantitative estimate of drug-likeness (QED) is 0.571. The fraction of sp³-hybridized carbons (Fsp3) is 0.438. The van der Waals surface area contributed by atoms with E-state index >= 15 is 0 Å². The summed E-state index contributed by atoms with van der Waals surface area (Å²) in [7, 11) is 3.29. The number of ether oxygens (including phenoxy) is 1. The SMILES string of the molecule is COCCN(Cc1ccco1)C(=O)C(=O)c1c(C)nn(C)c1C. The maximum atomic E-state index is 12.6. The van der Waals surface area contributed by atoms with Crippen LogP contribution < -0.4 is 0 Å². The summed E-state index contributed by atoms with van der Waals surface area (Å²) in [4.78, 5) is 26.7. The highest BCUT2D eigenvalue weighted by Gasteiger charge is 2.28. The Morgan fingerprint density at radius 3 is 2.65 bits per heavy atom. The molecule has 2 aromatic rings. The molecule has 0 bridgehead atoms. The summed E-state index contributed by atoms with van der Waals surface area (Å²) in [5.74, 6) is -0.532. The van der Waals surface area contributed by atoms with E-state index in [0.717, 1.165) is 0 Å². The molecule has 0 aliphatic carbocycles. The average Bonchev–Trinajstić information content (AvgIpc) is 3.11. The number of nitrogens with zero attached hydrogens (tertiary/aromatic N) is 3. The molecule has 0 fully saturated rings. The number of rotatable bonds is 7. The van der Waals surface area contributed by atoms with E-state index in [-0.39, 0.29) is 6.54 Å². The van der Waals surface area contributed by atoms with Crippen LogP contribution >= 0.6 is 0 Å². The molecular weight excluding hydrogens is 298 g/mol. The molecule has 0 aliphatic heterocycles. The highest BCUT2D eigenvalue weighted by atomic mass is 16.5. The number of hydrogen-bond donors (Lipinski definition) is 0. The molecule has 23 heavy (non-hydrogen) atoms. The first-order valence-electron chi connectivity index (χ1n) is 7.30. The summed E-state index contributed by atoms with van der Waals surface area (Å²) >= 11 is 0. The Hall–Kier alpha value is -2.41. The molecule has 0 saturated carbocycles. The van der Waals surface area contributed by atoms with Crippen LogP contribution in [0, 0.1) is 13.8 Å². The zero-order valence-corrected chi connectivity index (χ0v) is 13.8. The summed E-state index contributed by atoms with van der Waals surface area (Å²) in [6.07, 6.45) is 1.53. The molecule has 2 aromatic heterocycles. The van der Waals surface area contributed by atoms with Crippen molar-refractivity contribution in [3.63, 3.8) is 0 Å². The third-order valence-electron chi connectivity index (χ3n) is 3.71. The van der Waals surface area contributed by atoms with Gasteiger partial charge in [-0.3, -0.25) is 14.3 Å². The minimum atomic E-state index is -0.586. The van der Waals surface area contributed by atoms with E-state index in [1.54, 1.807) is 44.8 Å². The average molecular weight is 319 g/mol. The largest absolute Gasteiger partial charge is 0.467 e. The molecule has 0 N–H and O–H groups in total. The van der Waals surface area contributed by atoms with Gasteiger partial charge in [0.2, 0.25) is 0 Å². The standard InChI is InChI=1S/C16H21N3O4/c1-11-14(12(2)18(3)17-11)15(20)16(21)19(7-9-22-4)10-13-6-5-8-23-13/h5-6,8H,7,9-10H2,1-4H3. The minimum Gasteiger partial charge on any atom is -0.467 e. The van der Waals surface area contributed by atoms with Crippen LogP contribution in [0.3, 0.4) is 0 Å². The fourth-order valence-corrected chi connectivity index (χ4v) is 2.40. The van der Waals surface area contributed by atoms with E-state index in [0.29, 0.717) is 35.9 Å². The highest BCUT2D eigenvalue weighted by Crippen LogP contribution is 2.15. The number of hydrogen-bond acceptors (Lipinski definition) is 5. The Balaban J connectivity index is 2.23. The van der Waals surface area contributed by atoms with Gasteiger partial charge in [0.05, 0.1) is 30.7 Å². The second-order valence-corrected chi connectivity index (χ2v) is 5.30. The predicted octanol–water partition coefficient (Wildman–Crippen LogP) is 1.49. The van der Waals surface area contributed by atoms with E-state index < -0.39 is 11.7 Å². The molecule has 0 aromatic carbocycles. The van der Waals surface area contributed by atoms with Crippen LogP contribution in [0.4, 0.5) is 0 Å². The van der Waals surface area contributed by atoms with Crippen LogP contribution in [0.25, 0.3) is 0 Å². The molecule has 2 heterocycles. The fourth-order valence-electron chi connectivity index (χ4n) is 2.40. The van der Waals surface area contributed by atoms with Crippen molar-refractivity contribution in [3.05, 3.63) is 41.1 Å². The van der Waals surface area contributed by atoms with Gasteiger partial charge < -0.3 is 14.1 Å². The van der Waals surface area contributed by atoms with Gasteiger partial charge in [-0.2, -0.15) is 5.10 Å². The summed E-state index contributed by atoms with van der Waals surface area (Å²) in [5.41, 5.74) is 1.58. The van der Waals surface area contributed by atoms with E-state index in [9.17, 15) is 9.59 Å². The van der Waals surface area contributed by atoms with Gasteiger partial charge in [0.25, 0.3) is 11.7 Å². The zero-order chi connectivity index (χ0) is 17.0. The smallest absolute Gasteiger partial charge is 0.295 e. The Bertz CT molecular complexity index is 688. The van der Waals surface area contributed by atoms with E-state index in [1.807, 2.05) is 0 Å². The number of furan rings is 1. The Kier molecular flexibility index (Phi) is 5.33. The first-order valence-corrected chi connectivity index (χ1v) is 7.30. The maximum absolute atomic E-state index is 12.6. The predicted molar refractivity (Wildman–Crippen MR) is 83.0 cm³/mol. The first kappa shape index (κ1) is 17.0. The molecule has 7 nitrogen and oxygen atoms in total. The molecule has 0 unspecified atom stereocenters. The van der Waals surface area contributed by atoms with E-state index in [1.165, 1.54) is 11.2 Å². The van der Waals surface area contributed by atoms with Crippen LogP contribution in [-0.2, 0) is 23.1 Å². The first-order chi connectivity index (χ1) is 11.0. The highest BCUT2D eigenvalue weighted by molar-refractivity contribution is 6.43. The normalized spacial score (nSPS) is 10.8. The van der Waals surface area contributed by atoms with Gasteiger partial charge in [-0.25, -0.2) is 0 Å². The third kappa shape index (κ3) is 3.68. The summed E-state index contributed by atoms with van der Waals surface area (Å²) in [5, 5.41) is 4.19. The van der Waals surface area contributed by atoms with Gasteiger partial charge in [-0.15, -0.1) is 0 Å². The van der Waals surface area contributed by atoms with Crippen LogP contribution in [-0.4, -0.2) is 46.6 Å². The van der Waals surface area contributed by atoms with Crippen LogP contribution in [0.5, 0.6) is 0 Å². The number of amides is 1. The van der Waals surface area contributed by atoms with Gasteiger partial charge in [-0.05, 0) is 26.0 Å². The lowest BCUT2D eigenvalue weighted by Crippen LogP contribution is -2.38. The number of aryl methyl sites for hydroxylation is 2. The van der Waals surface area contributed by atoms with Gasteiger partial charge in [0, 0.05) is 26.4 Å². The summed E-state index contributed by atoms with van der Waals surface area (Å²) in [6.45, 7) is 4.36. The molecular formula is C16H21N3O4. The second-order valence-electron chi connectivity index (χ2n) is 5.30. The number of ketones is 1. The molecule has 1 amide bonds. The molecule has 0 saturated heterocycles. The number of Topliss-reactive ketones (excluding diaryl/α,β-unsaturated/α-hetero) is 1. The summed E-state index contributed by atoms with van der Waals surface area (Å²) in [6, 6.07) is 3.50. The molecule has 0 radical (unpaired) electrons. The number of carbonyl (C=O) groups excluding carboxylic acids is 2. The molecule has 7 heteroatoms. The van der Waals surface area contributed by atoms with Crippen molar-refractivity contribution in [1.29, 1.82) is 0 Å². The topological polar surface area (TPSA) is 77.6 Å². The molecule has 124 valence electrons. The zero-order valence-electron chi connectivity index (χ0n) is 13.8. The van der Waals surface area contributed by atoms with Gasteiger partial charge >= 0.3 is 0 Å².